The van der Waals surface area contributed by atoms with Crippen molar-refractivity contribution in [3.05, 3.63) is 12.2 Å². The maximum atomic E-state index is 9.00. The van der Waals surface area contributed by atoms with Crippen molar-refractivity contribution in [1.29, 1.82) is 0 Å². The van der Waals surface area contributed by atoms with Crippen LogP contribution in [0.4, 0.5) is 0 Å². The lowest BCUT2D eigenvalue weighted by Crippen LogP contribution is -2.04. The minimum Gasteiger partial charge on any atom is -0.481 e. The van der Waals surface area contributed by atoms with Gasteiger partial charge < -0.3 is 15.3 Å². The summed E-state index contributed by atoms with van der Waals surface area (Å²) < 4.78 is 0. The molecule has 0 amide bonds. The first-order valence-electron chi connectivity index (χ1n) is 3.26. The highest BCUT2D eigenvalue weighted by Crippen LogP contribution is 2.08. The summed E-state index contributed by atoms with van der Waals surface area (Å²) in [6.45, 7) is 1.08. The highest BCUT2D eigenvalue weighted by molar-refractivity contribution is 5.62. The van der Waals surface area contributed by atoms with Crippen LogP contribution in [-0.4, -0.2) is 33.5 Å². The van der Waals surface area contributed by atoms with E-state index in [0.717, 1.165) is 6.92 Å². The Balaban J connectivity index is 0.000000218. The molecule has 0 aromatic heterocycles. The Morgan fingerprint density at radius 2 is 1.64 bits per heavy atom. The highest BCUT2D eigenvalue weighted by Gasteiger charge is 2.11. The third kappa shape index (κ3) is 7.02. The van der Waals surface area contributed by atoms with E-state index in [9.17, 15) is 0 Å². The van der Waals surface area contributed by atoms with Crippen LogP contribution in [-0.2, 0) is 4.79 Å². The van der Waals surface area contributed by atoms with Crippen LogP contribution in [0, 0.1) is 0 Å². The van der Waals surface area contributed by atoms with Crippen LogP contribution in [0.25, 0.3) is 0 Å². The third-order valence-electron chi connectivity index (χ3n) is 1.04. The Hall–Kier alpha value is -0.870. The van der Waals surface area contributed by atoms with E-state index < -0.39 is 18.2 Å². The largest absolute Gasteiger partial charge is 0.481 e. The predicted molar refractivity (Wildman–Crippen MR) is 39.1 cm³/mol. The van der Waals surface area contributed by atoms with Crippen molar-refractivity contribution >= 4 is 5.97 Å². The average molecular weight is 160 g/mol. The molecule has 0 aromatic rings. The van der Waals surface area contributed by atoms with Gasteiger partial charge in [-0.2, -0.15) is 0 Å². The number of hydrogen-bond acceptors (Lipinski definition) is 3. The van der Waals surface area contributed by atoms with Gasteiger partial charge in [0.15, 0.2) is 0 Å². The minimum absolute atomic E-state index is 0.407. The molecule has 0 aliphatic heterocycles. The van der Waals surface area contributed by atoms with Gasteiger partial charge in [-0.3, -0.25) is 4.79 Å². The Morgan fingerprint density at radius 1 is 1.36 bits per heavy atom. The van der Waals surface area contributed by atoms with E-state index in [-0.39, 0.29) is 0 Å². The predicted octanol–water partition coefficient (Wildman–Crippen LogP) is -0.241. The summed E-state index contributed by atoms with van der Waals surface area (Å²) in [5.74, 6) is -0.833. The Kier molecular flexibility index (Phi) is 4.49. The van der Waals surface area contributed by atoms with Crippen molar-refractivity contribution < 1.29 is 20.1 Å². The molecule has 0 unspecified atom stereocenters. The summed E-state index contributed by atoms with van der Waals surface area (Å²) in [4.78, 5) is 9.00. The average Bonchev–Trinajstić information content (AvgIpc) is 2.13. The fourth-order valence-corrected chi connectivity index (χ4v) is 0.661. The number of carboxylic acid groups (broad SMARTS) is 1. The number of aliphatic hydroxyl groups is 2. The van der Waals surface area contributed by atoms with Gasteiger partial charge in [0.1, 0.15) is 0 Å². The van der Waals surface area contributed by atoms with Gasteiger partial charge in [-0.1, -0.05) is 12.2 Å². The molecule has 64 valence electrons. The zero-order valence-electron chi connectivity index (χ0n) is 6.27. The van der Waals surface area contributed by atoms with Crippen molar-refractivity contribution in [2.24, 2.45) is 0 Å². The number of carboxylic acids is 1. The van der Waals surface area contributed by atoms with Crippen molar-refractivity contribution in [2.45, 2.75) is 25.6 Å². The number of aliphatic carboxylic acids is 1. The van der Waals surface area contributed by atoms with Crippen LogP contribution >= 0.6 is 0 Å². The normalized spacial score (nSPS) is 27.5. The first kappa shape index (κ1) is 10.1. The fraction of sp³-hybridized carbons (Fsp3) is 0.571. The van der Waals surface area contributed by atoms with E-state index in [1.165, 1.54) is 0 Å². The Bertz CT molecular complexity index is 139. The number of aliphatic hydroxyl groups excluding tert-OH is 2. The summed E-state index contributed by atoms with van der Waals surface area (Å²) in [7, 11) is 0. The molecule has 0 saturated heterocycles. The quantitative estimate of drug-likeness (QED) is 0.427. The van der Waals surface area contributed by atoms with Crippen molar-refractivity contribution in [1.82, 2.24) is 0 Å². The molecule has 4 heteroatoms. The van der Waals surface area contributed by atoms with Gasteiger partial charge in [-0.25, -0.2) is 0 Å². The SMILES string of the molecule is CC(=O)O.O[C@H]1C=C[C@H](O)C1. The lowest BCUT2D eigenvalue weighted by Gasteiger charge is -1.96. The van der Waals surface area contributed by atoms with Gasteiger partial charge in [0.05, 0.1) is 12.2 Å². The lowest BCUT2D eigenvalue weighted by atomic mass is 10.3. The lowest BCUT2D eigenvalue weighted by molar-refractivity contribution is -0.134. The molecule has 4 nitrogen and oxygen atoms in total. The summed E-state index contributed by atoms with van der Waals surface area (Å²) in [6.07, 6.45) is 2.86. The molecule has 0 heterocycles. The molecule has 0 saturated carbocycles. The van der Waals surface area contributed by atoms with E-state index >= 15 is 0 Å². The molecule has 0 radical (unpaired) electrons. The van der Waals surface area contributed by atoms with Crippen LogP contribution in [0.5, 0.6) is 0 Å². The number of hydrogen-bond donors (Lipinski definition) is 3. The molecule has 1 aliphatic rings. The minimum atomic E-state index is -0.833. The number of rotatable bonds is 0. The van der Waals surface area contributed by atoms with Crippen LogP contribution < -0.4 is 0 Å². The fourth-order valence-electron chi connectivity index (χ4n) is 0.661. The molecular weight excluding hydrogens is 148 g/mol. The van der Waals surface area contributed by atoms with Gasteiger partial charge in [-0.05, 0) is 0 Å². The van der Waals surface area contributed by atoms with Gasteiger partial charge in [0, 0.05) is 13.3 Å². The standard InChI is InChI=1S/C5H8O2.C2H4O2/c6-4-1-2-5(7)3-4;1-2(3)4/h1-2,4-7H,3H2;1H3,(H,3,4)/t4-,5-;/m0./s1. The molecule has 3 N–H and O–H groups in total. The van der Waals surface area contributed by atoms with Gasteiger partial charge >= 0.3 is 0 Å². The monoisotopic (exact) mass is 160 g/mol. The van der Waals surface area contributed by atoms with Gasteiger partial charge in [0.25, 0.3) is 5.97 Å². The second kappa shape index (κ2) is 4.87. The Labute approximate surface area is 64.8 Å². The van der Waals surface area contributed by atoms with Crippen LogP contribution in [0.3, 0.4) is 0 Å². The molecule has 2 atom stereocenters. The Morgan fingerprint density at radius 3 is 1.73 bits per heavy atom. The zero-order chi connectivity index (χ0) is 8.85. The topological polar surface area (TPSA) is 77.8 Å². The van der Waals surface area contributed by atoms with Crippen LogP contribution in [0.15, 0.2) is 12.2 Å². The van der Waals surface area contributed by atoms with Crippen molar-refractivity contribution in [3.63, 3.8) is 0 Å². The van der Waals surface area contributed by atoms with Crippen molar-refractivity contribution in [2.75, 3.05) is 0 Å². The molecule has 0 fully saturated rings. The maximum Gasteiger partial charge on any atom is 0.300 e. The molecule has 11 heavy (non-hydrogen) atoms. The van der Waals surface area contributed by atoms with Crippen molar-refractivity contribution in [3.8, 4) is 0 Å². The maximum absolute atomic E-state index is 9.00. The van der Waals surface area contributed by atoms with E-state index in [0.29, 0.717) is 6.42 Å². The summed E-state index contributed by atoms with van der Waals surface area (Å²) in [5, 5.41) is 24.7. The van der Waals surface area contributed by atoms with Crippen LogP contribution in [0.2, 0.25) is 0 Å². The van der Waals surface area contributed by atoms with E-state index in [1.807, 2.05) is 0 Å². The van der Waals surface area contributed by atoms with Crippen LogP contribution in [0.1, 0.15) is 13.3 Å². The second-order valence-electron chi connectivity index (χ2n) is 2.27. The molecule has 0 spiro atoms. The van der Waals surface area contributed by atoms with Gasteiger partial charge in [-0.15, -0.1) is 0 Å². The molecule has 0 aromatic carbocycles. The van der Waals surface area contributed by atoms with E-state index in [1.54, 1.807) is 12.2 Å². The first-order valence-corrected chi connectivity index (χ1v) is 3.26. The first-order chi connectivity index (χ1) is 5.02. The second-order valence-corrected chi connectivity index (χ2v) is 2.27. The molecule has 1 rings (SSSR count). The van der Waals surface area contributed by atoms with E-state index in [2.05, 4.69) is 0 Å². The summed E-state index contributed by atoms with van der Waals surface area (Å²) in [5.41, 5.74) is 0. The summed E-state index contributed by atoms with van der Waals surface area (Å²) in [6, 6.07) is 0. The van der Waals surface area contributed by atoms with Gasteiger partial charge in [0.2, 0.25) is 0 Å². The zero-order valence-corrected chi connectivity index (χ0v) is 6.27. The highest BCUT2D eigenvalue weighted by atomic mass is 16.4. The van der Waals surface area contributed by atoms with E-state index in [4.69, 9.17) is 20.1 Å². The summed E-state index contributed by atoms with van der Waals surface area (Å²) >= 11 is 0. The molecule has 1 aliphatic carbocycles. The third-order valence-corrected chi connectivity index (χ3v) is 1.04. The number of carbonyl (C=O) groups is 1. The smallest absolute Gasteiger partial charge is 0.300 e. The molecule has 0 bridgehead atoms. The molecular formula is C7H12O4.